The molecule has 0 bridgehead atoms. The van der Waals surface area contributed by atoms with E-state index in [0.717, 1.165) is 0 Å². The molecular weight excluding hydrogens is 633 g/mol. The zero-order valence-electron chi connectivity index (χ0n) is 10.7. The van der Waals surface area contributed by atoms with Crippen molar-refractivity contribution in [3.8, 4) is 6.07 Å². The topological polar surface area (TPSA) is 131 Å². The number of carboxylic acids is 1. The largest absolute Gasteiger partial charge is 0.478 e. The van der Waals surface area contributed by atoms with Crippen molar-refractivity contribution >= 4 is 79.6 Å². The number of nitrogens with one attached hydrogen (secondary N) is 1. The second kappa shape index (κ2) is 8.57. The smallest absolute Gasteiger partial charge is 0.337 e. The molecule has 0 aliphatic rings. The number of aliphatic hydroxyl groups excluding tert-OH is 2. The molecule has 0 atom stereocenters. The second-order valence-corrected chi connectivity index (χ2v) is 7.26. The van der Waals surface area contributed by atoms with Crippen molar-refractivity contribution in [2.45, 2.75) is 6.04 Å². The lowest BCUT2D eigenvalue weighted by atomic mass is 10.1. The lowest BCUT2D eigenvalue weighted by Crippen LogP contribution is -2.41. The van der Waals surface area contributed by atoms with E-state index in [-0.39, 0.29) is 23.8 Å². The van der Waals surface area contributed by atoms with E-state index in [1.165, 1.54) is 0 Å². The average molecular weight is 642 g/mol. The molecule has 0 fully saturated rings. The Kier molecular flexibility index (Phi) is 7.71. The van der Waals surface area contributed by atoms with E-state index in [9.17, 15) is 20.0 Å². The standard InChI is InChI=1S/C12H9I3N2O5/c13-8-5(1-16)9(14)7(12(21)22)10(15)6(8)11(20)17-4(2-18)3-19/h4,18-19H,2-3H2,(H,17,20)(H,21,22). The third-order valence-electron chi connectivity index (χ3n) is 2.65. The summed E-state index contributed by atoms with van der Waals surface area (Å²) in [5.41, 5.74) is 0.0315. The van der Waals surface area contributed by atoms with Crippen LogP contribution >= 0.6 is 67.8 Å². The SMILES string of the molecule is N#Cc1c(I)c(C(=O)O)c(I)c(C(=O)NC(CO)CO)c1I. The van der Waals surface area contributed by atoms with E-state index in [2.05, 4.69) is 5.32 Å². The molecular formula is C12H9I3N2O5. The maximum atomic E-state index is 12.3. The number of amides is 1. The number of hydrogen-bond donors (Lipinski definition) is 4. The molecule has 118 valence electrons. The summed E-state index contributed by atoms with van der Waals surface area (Å²) < 4.78 is 0.787. The van der Waals surface area contributed by atoms with Crippen molar-refractivity contribution in [3.63, 3.8) is 0 Å². The highest BCUT2D eigenvalue weighted by Gasteiger charge is 2.28. The summed E-state index contributed by atoms with van der Waals surface area (Å²) in [4.78, 5) is 23.7. The van der Waals surface area contributed by atoms with E-state index in [4.69, 9.17) is 10.2 Å². The van der Waals surface area contributed by atoms with Crippen molar-refractivity contribution in [1.82, 2.24) is 5.32 Å². The van der Waals surface area contributed by atoms with Gasteiger partial charge in [-0.25, -0.2) is 4.79 Å². The molecule has 0 aromatic heterocycles. The molecule has 1 aromatic rings. The van der Waals surface area contributed by atoms with Crippen LogP contribution in [0.3, 0.4) is 0 Å². The minimum atomic E-state index is -1.24. The molecule has 4 N–H and O–H groups in total. The summed E-state index contributed by atoms with van der Waals surface area (Å²) in [5, 5.41) is 39.0. The molecule has 10 heteroatoms. The molecule has 7 nitrogen and oxygen atoms in total. The highest BCUT2D eigenvalue weighted by molar-refractivity contribution is 14.1. The number of hydrogen-bond acceptors (Lipinski definition) is 5. The van der Waals surface area contributed by atoms with Gasteiger partial charge in [-0.3, -0.25) is 4.79 Å². The van der Waals surface area contributed by atoms with Gasteiger partial charge >= 0.3 is 5.97 Å². The van der Waals surface area contributed by atoms with Gasteiger partial charge in [0.2, 0.25) is 0 Å². The van der Waals surface area contributed by atoms with Crippen molar-refractivity contribution in [2.24, 2.45) is 0 Å². The van der Waals surface area contributed by atoms with Gasteiger partial charge in [0.15, 0.2) is 0 Å². The zero-order chi connectivity index (χ0) is 17.0. The molecule has 0 saturated heterocycles. The van der Waals surface area contributed by atoms with Crippen LogP contribution in [0.25, 0.3) is 0 Å². The fourth-order valence-electron chi connectivity index (χ4n) is 1.56. The molecule has 0 saturated carbocycles. The number of rotatable bonds is 5. The molecule has 0 unspecified atom stereocenters. The monoisotopic (exact) mass is 642 g/mol. The minimum absolute atomic E-state index is 0.0439. The van der Waals surface area contributed by atoms with Gasteiger partial charge < -0.3 is 20.6 Å². The minimum Gasteiger partial charge on any atom is -0.478 e. The van der Waals surface area contributed by atoms with E-state index in [1.54, 1.807) is 45.2 Å². The number of aliphatic hydroxyl groups is 2. The molecule has 0 aliphatic carbocycles. The predicted octanol–water partition coefficient (Wildman–Crippen LogP) is 1.15. The third kappa shape index (κ3) is 3.99. The molecule has 1 amide bonds. The first-order valence-electron chi connectivity index (χ1n) is 5.66. The molecule has 22 heavy (non-hydrogen) atoms. The molecule has 1 rings (SSSR count). The van der Waals surface area contributed by atoms with E-state index in [1.807, 2.05) is 28.7 Å². The Morgan fingerprint density at radius 1 is 1.09 bits per heavy atom. The number of carbonyl (C=O) groups excluding carboxylic acids is 1. The fraction of sp³-hybridized carbons (Fsp3) is 0.250. The van der Waals surface area contributed by atoms with Gasteiger partial charge in [0.1, 0.15) is 6.07 Å². The molecule has 0 heterocycles. The lowest BCUT2D eigenvalue weighted by molar-refractivity contribution is 0.0694. The number of aromatic carboxylic acids is 1. The summed E-state index contributed by atoms with van der Waals surface area (Å²) in [7, 11) is 0. The molecule has 0 spiro atoms. The van der Waals surface area contributed by atoms with Gasteiger partial charge in [-0.05, 0) is 67.8 Å². The van der Waals surface area contributed by atoms with Crippen LogP contribution < -0.4 is 5.32 Å². The van der Waals surface area contributed by atoms with Crippen LogP contribution in [0.1, 0.15) is 26.3 Å². The Morgan fingerprint density at radius 2 is 1.59 bits per heavy atom. The average Bonchev–Trinajstić information content (AvgIpc) is 2.44. The number of carboxylic acid groups (broad SMARTS) is 1. The normalized spacial score (nSPS) is 10.4. The summed E-state index contributed by atoms with van der Waals surface area (Å²) in [6.45, 7) is -0.923. The number of halogens is 3. The predicted molar refractivity (Wildman–Crippen MR) is 102 cm³/mol. The van der Waals surface area contributed by atoms with Gasteiger partial charge in [0.05, 0.1) is 35.9 Å². The first kappa shape index (κ1) is 19.8. The summed E-state index contributed by atoms with van der Waals surface area (Å²) >= 11 is 5.31. The van der Waals surface area contributed by atoms with Crippen molar-refractivity contribution in [2.75, 3.05) is 13.2 Å². The summed E-state index contributed by atoms with van der Waals surface area (Å²) in [6, 6.07) is 1.04. The van der Waals surface area contributed by atoms with Gasteiger partial charge in [0.25, 0.3) is 5.91 Å². The first-order valence-corrected chi connectivity index (χ1v) is 8.90. The maximum Gasteiger partial charge on any atom is 0.337 e. The fourth-order valence-corrected chi connectivity index (χ4v) is 5.91. The van der Waals surface area contributed by atoms with Gasteiger partial charge in [-0.15, -0.1) is 0 Å². The van der Waals surface area contributed by atoms with Crippen LogP contribution in [0, 0.1) is 22.0 Å². The number of carbonyl (C=O) groups is 2. The molecule has 0 radical (unpaired) electrons. The Labute approximate surface area is 166 Å². The van der Waals surface area contributed by atoms with Crippen LogP contribution in [-0.4, -0.2) is 46.5 Å². The quantitative estimate of drug-likeness (QED) is 0.357. The van der Waals surface area contributed by atoms with E-state index < -0.39 is 31.1 Å². The van der Waals surface area contributed by atoms with Crippen LogP contribution in [-0.2, 0) is 0 Å². The molecule has 1 aromatic carbocycles. The molecule has 0 aliphatic heterocycles. The summed E-state index contributed by atoms with van der Waals surface area (Å²) in [6.07, 6.45) is 0. The van der Waals surface area contributed by atoms with E-state index >= 15 is 0 Å². The number of nitrogens with zero attached hydrogens (tertiary/aromatic N) is 1. The van der Waals surface area contributed by atoms with E-state index in [0.29, 0.717) is 3.57 Å². The zero-order valence-corrected chi connectivity index (χ0v) is 17.2. The van der Waals surface area contributed by atoms with Crippen LogP contribution in [0.4, 0.5) is 0 Å². The van der Waals surface area contributed by atoms with Crippen LogP contribution in [0.5, 0.6) is 0 Å². The first-order chi connectivity index (χ1) is 10.3. The highest BCUT2D eigenvalue weighted by atomic mass is 127. The summed E-state index contributed by atoms with van der Waals surface area (Å²) in [5.74, 6) is -1.89. The van der Waals surface area contributed by atoms with Crippen molar-refractivity contribution < 1.29 is 24.9 Å². The van der Waals surface area contributed by atoms with Crippen molar-refractivity contribution in [1.29, 1.82) is 5.26 Å². The lowest BCUT2D eigenvalue weighted by Gasteiger charge is -2.17. The highest BCUT2D eigenvalue weighted by Crippen LogP contribution is 2.31. The number of benzene rings is 1. The van der Waals surface area contributed by atoms with Crippen LogP contribution in [0.15, 0.2) is 0 Å². The van der Waals surface area contributed by atoms with Gasteiger partial charge in [-0.2, -0.15) is 5.26 Å². The Hall–Kier alpha value is -0.240. The number of nitriles is 1. The third-order valence-corrected chi connectivity index (χ3v) is 5.88. The van der Waals surface area contributed by atoms with Crippen LogP contribution in [0.2, 0.25) is 0 Å². The Bertz CT molecular complexity index is 668. The van der Waals surface area contributed by atoms with Gasteiger partial charge in [0, 0.05) is 10.7 Å². The Balaban J connectivity index is 3.55. The van der Waals surface area contributed by atoms with Crippen molar-refractivity contribution in [3.05, 3.63) is 27.4 Å². The Morgan fingerprint density at radius 3 is 2.00 bits per heavy atom. The van der Waals surface area contributed by atoms with Gasteiger partial charge in [-0.1, -0.05) is 0 Å². The maximum absolute atomic E-state index is 12.3. The second-order valence-electron chi connectivity index (χ2n) is 4.02.